The molecular formula is C13H20N2OS. The van der Waals surface area contributed by atoms with Crippen LogP contribution in [-0.4, -0.2) is 30.5 Å². The second-order valence-corrected chi connectivity index (χ2v) is 5.71. The fraction of sp³-hybridized carbons (Fsp3) is 0.615. The zero-order valence-electron chi connectivity index (χ0n) is 10.5. The van der Waals surface area contributed by atoms with E-state index in [-0.39, 0.29) is 0 Å². The third-order valence-corrected chi connectivity index (χ3v) is 4.37. The van der Waals surface area contributed by atoms with Gasteiger partial charge in [-0.05, 0) is 37.9 Å². The molecule has 0 amide bonds. The van der Waals surface area contributed by atoms with Crippen molar-refractivity contribution in [1.29, 1.82) is 0 Å². The van der Waals surface area contributed by atoms with Gasteiger partial charge >= 0.3 is 0 Å². The average molecular weight is 252 g/mol. The number of pyridine rings is 1. The minimum absolute atomic E-state index is 0.671. The van der Waals surface area contributed by atoms with E-state index < -0.39 is 0 Å². The number of rotatable bonds is 4. The summed E-state index contributed by atoms with van der Waals surface area (Å²) in [7, 11) is 1.96. The summed E-state index contributed by atoms with van der Waals surface area (Å²) in [6, 6.07) is 2.23. The first kappa shape index (κ1) is 12.9. The molecule has 4 heteroatoms. The number of nitrogens with one attached hydrogen (secondary N) is 1. The minimum atomic E-state index is 0.671. The SMILES string of the molecule is CNCc1cnc(SC2CCOCC2)c(C)c1. The van der Waals surface area contributed by atoms with E-state index in [0.29, 0.717) is 5.25 Å². The van der Waals surface area contributed by atoms with Crippen molar-refractivity contribution >= 4 is 11.8 Å². The smallest absolute Gasteiger partial charge is 0.0991 e. The molecule has 0 spiro atoms. The minimum Gasteiger partial charge on any atom is -0.381 e. The highest BCUT2D eigenvalue weighted by Gasteiger charge is 2.16. The zero-order chi connectivity index (χ0) is 12.1. The first-order valence-electron chi connectivity index (χ1n) is 6.14. The van der Waals surface area contributed by atoms with Crippen LogP contribution < -0.4 is 5.32 Å². The molecule has 0 radical (unpaired) electrons. The van der Waals surface area contributed by atoms with Crippen molar-refractivity contribution in [2.24, 2.45) is 0 Å². The lowest BCUT2D eigenvalue weighted by Gasteiger charge is -2.21. The van der Waals surface area contributed by atoms with Gasteiger partial charge in [0.15, 0.2) is 0 Å². The molecule has 94 valence electrons. The molecule has 1 aliphatic rings. The van der Waals surface area contributed by atoms with Gasteiger partial charge in [0.1, 0.15) is 0 Å². The zero-order valence-corrected chi connectivity index (χ0v) is 11.3. The van der Waals surface area contributed by atoms with Crippen LogP contribution in [0.3, 0.4) is 0 Å². The summed E-state index contributed by atoms with van der Waals surface area (Å²) in [5.41, 5.74) is 2.54. The molecule has 0 unspecified atom stereocenters. The molecule has 0 bridgehead atoms. The van der Waals surface area contributed by atoms with E-state index in [1.165, 1.54) is 16.2 Å². The molecule has 1 aliphatic heterocycles. The van der Waals surface area contributed by atoms with Gasteiger partial charge in [-0.3, -0.25) is 0 Å². The monoisotopic (exact) mass is 252 g/mol. The summed E-state index contributed by atoms with van der Waals surface area (Å²) in [6.07, 6.45) is 4.26. The fourth-order valence-corrected chi connectivity index (χ4v) is 3.10. The van der Waals surface area contributed by atoms with Crippen LogP contribution >= 0.6 is 11.8 Å². The van der Waals surface area contributed by atoms with Gasteiger partial charge in [-0.25, -0.2) is 4.98 Å². The first-order chi connectivity index (χ1) is 8.29. The molecule has 0 aromatic carbocycles. The topological polar surface area (TPSA) is 34.2 Å². The Morgan fingerprint density at radius 2 is 2.24 bits per heavy atom. The summed E-state index contributed by atoms with van der Waals surface area (Å²) in [5, 5.41) is 5.00. The lowest BCUT2D eigenvalue weighted by molar-refractivity contribution is 0.1000. The molecule has 2 heterocycles. The molecular weight excluding hydrogens is 232 g/mol. The normalized spacial score (nSPS) is 17.3. The molecule has 1 saturated heterocycles. The highest BCUT2D eigenvalue weighted by Crippen LogP contribution is 2.30. The maximum atomic E-state index is 5.38. The van der Waals surface area contributed by atoms with Crippen LogP contribution in [0.1, 0.15) is 24.0 Å². The standard InChI is InChI=1S/C13H20N2OS/c1-10-7-11(8-14-2)9-15-13(10)17-12-3-5-16-6-4-12/h7,9,12,14H,3-6,8H2,1-2H3. The van der Waals surface area contributed by atoms with Gasteiger partial charge in [0, 0.05) is 31.2 Å². The van der Waals surface area contributed by atoms with Gasteiger partial charge in [-0.1, -0.05) is 6.07 Å². The number of ether oxygens (including phenoxy) is 1. The Bertz CT molecular complexity index is 364. The van der Waals surface area contributed by atoms with Gasteiger partial charge in [-0.2, -0.15) is 0 Å². The molecule has 1 N–H and O–H groups in total. The molecule has 1 aromatic rings. The average Bonchev–Trinajstić information content (AvgIpc) is 2.34. The van der Waals surface area contributed by atoms with Crippen LogP contribution in [0.25, 0.3) is 0 Å². The number of hydrogen-bond acceptors (Lipinski definition) is 4. The maximum Gasteiger partial charge on any atom is 0.0991 e. The third-order valence-electron chi connectivity index (χ3n) is 2.91. The Morgan fingerprint density at radius 1 is 1.47 bits per heavy atom. The van der Waals surface area contributed by atoms with Crippen LogP contribution in [0, 0.1) is 6.92 Å². The van der Waals surface area contributed by atoms with Crippen LogP contribution in [0.5, 0.6) is 0 Å². The first-order valence-corrected chi connectivity index (χ1v) is 7.02. The molecule has 2 rings (SSSR count). The van der Waals surface area contributed by atoms with Crippen LogP contribution in [0.15, 0.2) is 17.3 Å². The number of thioether (sulfide) groups is 1. The molecule has 17 heavy (non-hydrogen) atoms. The molecule has 0 aliphatic carbocycles. The van der Waals surface area contributed by atoms with E-state index in [1.54, 1.807) is 0 Å². The Hall–Kier alpha value is -0.580. The molecule has 3 nitrogen and oxygen atoms in total. The Labute approximate surface area is 107 Å². The van der Waals surface area contributed by atoms with Crippen LogP contribution in [0.4, 0.5) is 0 Å². The predicted molar refractivity (Wildman–Crippen MR) is 71.4 cm³/mol. The van der Waals surface area contributed by atoms with E-state index in [1.807, 2.05) is 25.0 Å². The predicted octanol–water partition coefficient (Wildman–Crippen LogP) is 2.38. The lowest BCUT2D eigenvalue weighted by Crippen LogP contribution is -2.17. The Balaban J connectivity index is 2.00. The van der Waals surface area contributed by atoms with Crippen molar-refractivity contribution in [3.05, 3.63) is 23.4 Å². The summed E-state index contributed by atoms with van der Waals surface area (Å²) in [4.78, 5) is 4.57. The van der Waals surface area contributed by atoms with Crippen molar-refractivity contribution in [2.45, 2.75) is 36.6 Å². The van der Waals surface area contributed by atoms with E-state index in [0.717, 1.165) is 32.6 Å². The summed E-state index contributed by atoms with van der Waals surface area (Å²) >= 11 is 1.91. The van der Waals surface area contributed by atoms with Crippen molar-refractivity contribution < 1.29 is 4.74 Å². The summed E-state index contributed by atoms with van der Waals surface area (Å²) in [6.45, 7) is 4.83. The molecule has 1 fully saturated rings. The number of nitrogens with zero attached hydrogens (tertiary/aromatic N) is 1. The van der Waals surface area contributed by atoms with Crippen LogP contribution in [0.2, 0.25) is 0 Å². The van der Waals surface area contributed by atoms with Gasteiger partial charge < -0.3 is 10.1 Å². The fourth-order valence-electron chi connectivity index (χ4n) is 2.00. The van der Waals surface area contributed by atoms with Gasteiger partial charge in [0.05, 0.1) is 5.03 Å². The van der Waals surface area contributed by atoms with E-state index in [4.69, 9.17) is 4.74 Å². The largest absolute Gasteiger partial charge is 0.381 e. The Kier molecular flexibility index (Phi) is 4.83. The molecule has 0 atom stereocenters. The summed E-state index contributed by atoms with van der Waals surface area (Å²) < 4.78 is 5.38. The highest BCUT2D eigenvalue weighted by molar-refractivity contribution is 7.99. The quantitative estimate of drug-likeness (QED) is 0.892. The van der Waals surface area contributed by atoms with Gasteiger partial charge in [-0.15, -0.1) is 11.8 Å². The van der Waals surface area contributed by atoms with Gasteiger partial charge in [0.25, 0.3) is 0 Å². The number of aromatic nitrogens is 1. The number of hydrogen-bond donors (Lipinski definition) is 1. The van der Waals surface area contributed by atoms with E-state index in [9.17, 15) is 0 Å². The summed E-state index contributed by atoms with van der Waals surface area (Å²) in [5.74, 6) is 0. The Morgan fingerprint density at radius 3 is 2.88 bits per heavy atom. The third kappa shape index (κ3) is 3.69. The van der Waals surface area contributed by atoms with E-state index >= 15 is 0 Å². The maximum absolute atomic E-state index is 5.38. The van der Waals surface area contributed by atoms with E-state index in [2.05, 4.69) is 23.3 Å². The molecule has 0 saturated carbocycles. The second kappa shape index (κ2) is 6.38. The second-order valence-electron chi connectivity index (χ2n) is 4.43. The van der Waals surface area contributed by atoms with Gasteiger partial charge in [0.2, 0.25) is 0 Å². The highest BCUT2D eigenvalue weighted by atomic mass is 32.2. The lowest BCUT2D eigenvalue weighted by atomic mass is 10.2. The molecule has 1 aromatic heterocycles. The number of aryl methyl sites for hydroxylation is 1. The van der Waals surface area contributed by atoms with Crippen molar-refractivity contribution in [3.8, 4) is 0 Å². The van der Waals surface area contributed by atoms with Crippen molar-refractivity contribution in [3.63, 3.8) is 0 Å². The van der Waals surface area contributed by atoms with Crippen molar-refractivity contribution in [1.82, 2.24) is 10.3 Å². The van der Waals surface area contributed by atoms with Crippen molar-refractivity contribution in [2.75, 3.05) is 20.3 Å². The van der Waals surface area contributed by atoms with Crippen LogP contribution in [-0.2, 0) is 11.3 Å².